The second-order valence-corrected chi connectivity index (χ2v) is 6.43. The minimum Gasteiger partial charge on any atom is -0.459 e. The van der Waals surface area contributed by atoms with Crippen LogP contribution in [0, 0.1) is 10.1 Å². The zero-order valence-electron chi connectivity index (χ0n) is 16.0. The molecule has 1 amide bonds. The minimum atomic E-state index is -0.722. The van der Waals surface area contributed by atoms with Crippen LogP contribution >= 0.6 is 0 Å². The number of rotatable bonds is 7. The number of carbonyl (C=O) groups is 2. The first kappa shape index (κ1) is 20.7. The third-order valence-corrected chi connectivity index (χ3v) is 4.40. The number of nitro benzene ring substituents is 1. The van der Waals surface area contributed by atoms with Crippen LogP contribution in [-0.4, -0.2) is 23.3 Å². The van der Waals surface area contributed by atoms with Gasteiger partial charge in [-0.15, -0.1) is 0 Å². The lowest BCUT2D eigenvalue weighted by atomic mass is 10.1. The summed E-state index contributed by atoms with van der Waals surface area (Å²) in [4.78, 5) is 46.0. The number of hydrogen-bond acceptors (Lipinski definition) is 7. The van der Waals surface area contributed by atoms with Crippen LogP contribution in [-0.2, 0) is 22.6 Å². The molecule has 1 aromatic heterocycles. The van der Waals surface area contributed by atoms with Gasteiger partial charge < -0.3 is 14.5 Å². The van der Waals surface area contributed by atoms with Crippen molar-refractivity contribution in [3.05, 3.63) is 85.8 Å². The van der Waals surface area contributed by atoms with Crippen LogP contribution in [0.2, 0.25) is 0 Å². The van der Waals surface area contributed by atoms with Gasteiger partial charge in [0.05, 0.1) is 4.92 Å². The molecule has 0 unspecified atom stereocenters. The molecule has 0 radical (unpaired) electrons. The average molecular weight is 410 g/mol. The number of amides is 1. The van der Waals surface area contributed by atoms with E-state index < -0.39 is 29.0 Å². The van der Waals surface area contributed by atoms with Crippen LogP contribution in [0.1, 0.15) is 28.4 Å². The number of carbonyl (C=O) groups excluding carboxylic acids is 2. The molecule has 2 aromatic carbocycles. The monoisotopic (exact) mass is 410 g/mol. The third-order valence-electron chi connectivity index (χ3n) is 4.40. The molecule has 0 spiro atoms. The molecule has 1 N–H and O–H groups in total. The summed E-state index contributed by atoms with van der Waals surface area (Å²) in [5, 5.41) is 13.8. The van der Waals surface area contributed by atoms with Crippen molar-refractivity contribution in [3.63, 3.8) is 0 Å². The Balaban J connectivity index is 1.62. The number of aryl methyl sites for hydroxylation is 1. The normalized spacial score (nSPS) is 10.6. The Morgan fingerprint density at radius 1 is 1.17 bits per heavy atom. The highest BCUT2D eigenvalue weighted by Crippen LogP contribution is 2.20. The lowest BCUT2D eigenvalue weighted by Crippen LogP contribution is -2.30. The lowest BCUT2D eigenvalue weighted by Gasteiger charge is -2.09. The van der Waals surface area contributed by atoms with Crippen LogP contribution in [0.25, 0.3) is 11.0 Å². The van der Waals surface area contributed by atoms with Crippen LogP contribution in [0.4, 0.5) is 5.69 Å². The van der Waals surface area contributed by atoms with E-state index in [1.54, 1.807) is 12.1 Å². The van der Waals surface area contributed by atoms with E-state index in [2.05, 4.69) is 5.32 Å². The highest BCUT2D eigenvalue weighted by molar-refractivity contribution is 5.96. The molecular weight excluding hydrogens is 392 g/mol. The third kappa shape index (κ3) is 4.88. The van der Waals surface area contributed by atoms with Crippen LogP contribution in [0.5, 0.6) is 0 Å². The fourth-order valence-corrected chi connectivity index (χ4v) is 2.84. The summed E-state index contributed by atoms with van der Waals surface area (Å²) < 4.78 is 10.4. The van der Waals surface area contributed by atoms with Crippen molar-refractivity contribution in [3.8, 4) is 0 Å². The van der Waals surface area contributed by atoms with Crippen LogP contribution in [0.15, 0.2) is 57.7 Å². The Morgan fingerprint density at radius 2 is 1.97 bits per heavy atom. The molecule has 154 valence electrons. The van der Waals surface area contributed by atoms with Crippen molar-refractivity contribution in [1.82, 2.24) is 5.32 Å². The molecule has 1 heterocycles. The number of ether oxygens (including phenoxy) is 1. The van der Waals surface area contributed by atoms with Gasteiger partial charge in [-0.25, -0.2) is 4.79 Å². The Hall–Kier alpha value is -4.01. The highest BCUT2D eigenvalue weighted by atomic mass is 16.6. The van der Waals surface area contributed by atoms with E-state index in [1.807, 2.05) is 13.0 Å². The van der Waals surface area contributed by atoms with Crippen molar-refractivity contribution in [2.45, 2.75) is 20.0 Å². The lowest BCUT2D eigenvalue weighted by molar-refractivity contribution is -0.384. The predicted octanol–water partition coefficient (Wildman–Crippen LogP) is 2.74. The van der Waals surface area contributed by atoms with E-state index in [9.17, 15) is 24.5 Å². The summed E-state index contributed by atoms with van der Waals surface area (Å²) >= 11 is 0. The SMILES string of the molecule is CCc1ccc2c(COC(=O)CNC(=O)c3cccc([N+](=O)[O-])c3)cc(=O)oc2c1. The topological polar surface area (TPSA) is 129 Å². The van der Waals surface area contributed by atoms with E-state index in [4.69, 9.17) is 9.15 Å². The maximum absolute atomic E-state index is 12.1. The van der Waals surface area contributed by atoms with Gasteiger partial charge in [-0.05, 0) is 24.1 Å². The zero-order chi connectivity index (χ0) is 21.7. The number of nitro groups is 1. The van der Waals surface area contributed by atoms with E-state index in [-0.39, 0.29) is 17.9 Å². The van der Waals surface area contributed by atoms with E-state index >= 15 is 0 Å². The summed E-state index contributed by atoms with van der Waals surface area (Å²) in [6.45, 7) is 1.38. The molecule has 0 bridgehead atoms. The van der Waals surface area contributed by atoms with Crippen molar-refractivity contribution < 1.29 is 23.7 Å². The molecule has 3 rings (SSSR count). The standard InChI is InChI=1S/C21H18N2O7/c1-2-13-6-7-17-15(10-19(24)30-18(17)8-13)12-29-20(25)11-22-21(26)14-4-3-5-16(9-14)23(27)28/h3-10H,2,11-12H2,1H3,(H,22,26). The van der Waals surface area contributed by atoms with Crippen LogP contribution < -0.4 is 10.9 Å². The molecule has 9 heteroatoms. The van der Waals surface area contributed by atoms with Gasteiger partial charge in [0.2, 0.25) is 0 Å². The number of hydrogen-bond donors (Lipinski definition) is 1. The molecule has 0 aliphatic carbocycles. The maximum Gasteiger partial charge on any atom is 0.336 e. The number of esters is 1. The second kappa shape index (κ2) is 8.99. The van der Waals surface area contributed by atoms with E-state index in [0.717, 1.165) is 18.1 Å². The maximum atomic E-state index is 12.1. The predicted molar refractivity (Wildman–Crippen MR) is 107 cm³/mol. The fourth-order valence-electron chi connectivity index (χ4n) is 2.84. The number of fused-ring (bicyclic) bond motifs is 1. The summed E-state index contributed by atoms with van der Waals surface area (Å²) in [5.41, 5.74) is 1.17. The minimum absolute atomic E-state index is 0.0513. The van der Waals surface area contributed by atoms with Gasteiger partial charge in [0, 0.05) is 34.7 Å². The van der Waals surface area contributed by atoms with Crippen molar-refractivity contribution in [2.75, 3.05) is 6.54 Å². The fraction of sp³-hybridized carbons (Fsp3) is 0.190. The van der Waals surface area contributed by atoms with Crippen LogP contribution in [0.3, 0.4) is 0 Å². The smallest absolute Gasteiger partial charge is 0.336 e. The summed E-state index contributed by atoms with van der Waals surface area (Å²) in [7, 11) is 0. The molecule has 3 aromatic rings. The average Bonchev–Trinajstić information content (AvgIpc) is 2.75. The molecule has 0 saturated carbocycles. The van der Waals surface area contributed by atoms with Gasteiger partial charge in [-0.3, -0.25) is 19.7 Å². The first-order valence-electron chi connectivity index (χ1n) is 9.11. The van der Waals surface area contributed by atoms with Gasteiger partial charge in [-0.1, -0.05) is 25.1 Å². The number of benzene rings is 2. The van der Waals surface area contributed by atoms with Gasteiger partial charge in [0.25, 0.3) is 11.6 Å². The molecule has 9 nitrogen and oxygen atoms in total. The van der Waals surface area contributed by atoms with Gasteiger partial charge >= 0.3 is 11.6 Å². The molecule has 0 saturated heterocycles. The van der Waals surface area contributed by atoms with Gasteiger partial charge in [0.15, 0.2) is 0 Å². The summed E-state index contributed by atoms with van der Waals surface area (Å²) in [5.74, 6) is -1.37. The first-order chi connectivity index (χ1) is 14.4. The highest BCUT2D eigenvalue weighted by Gasteiger charge is 2.14. The molecule has 0 aliphatic rings. The molecule has 0 fully saturated rings. The Labute approximate surface area is 170 Å². The molecular formula is C21H18N2O7. The van der Waals surface area contributed by atoms with E-state index in [0.29, 0.717) is 16.5 Å². The summed E-state index contributed by atoms with van der Waals surface area (Å²) in [6, 6.07) is 11.9. The zero-order valence-corrected chi connectivity index (χ0v) is 16.0. The molecule has 0 aliphatic heterocycles. The van der Waals surface area contributed by atoms with E-state index in [1.165, 1.54) is 24.3 Å². The molecule has 0 atom stereocenters. The largest absolute Gasteiger partial charge is 0.459 e. The second-order valence-electron chi connectivity index (χ2n) is 6.43. The Kier molecular flexibility index (Phi) is 6.21. The quantitative estimate of drug-likeness (QED) is 0.274. The number of nitrogens with zero attached hydrogens (tertiary/aromatic N) is 1. The van der Waals surface area contributed by atoms with Crippen molar-refractivity contribution >= 4 is 28.5 Å². The number of nitrogens with one attached hydrogen (secondary N) is 1. The van der Waals surface area contributed by atoms with Gasteiger partial charge in [-0.2, -0.15) is 0 Å². The van der Waals surface area contributed by atoms with Gasteiger partial charge in [0.1, 0.15) is 18.7 Å². The Bertz CT molecular complexity index is 1180. The van der Waals surface area contributed by atoms with Crippen molar-refractivity contribution in [2.24, 2.45) is 0 Å². The molecule has 30 heavy (non-hydrogen) atoms. The first-order valence-corrected chi connectivity index (χ1v) is 9.11. The number of non-ortho nitro benzene ring substituents is 1. The van der Waals surface area contributed by atoms with Crippen molar-refractivity contribution in [1.29, 1.82) is 0 Å². The summed E-state index contributed by atoms with van der Waals surface area (Å²) in [6.07, 6.45) is 0.781. The Morgan fingerprint density at radius 3 is 2.70 bits per heavy atom.